The highest BCUT2D eigenvalue weighted by Gasteiger charge is 2.20. The first-order valence-corrected chi connectivity index (χ1v) is 10.6. The van der Waals surface area contributed by atoms with Gasteiger partial charge in [-0.05, 0) is 42.0 Å². The van der Waals surface area contributed by atoms with Gasteiger partial charge in [0.15, 0.2) is 6.29 Å². The Morgan fingerprint density at radius 2 is 1.68 bits per heavy atom. The molecule has 2 aromatic rings. The van der Waals surface area contributed by atoms with Gasteiger partial charge in [-0.1, -0.05) is 76.6 Å². The lowest BCUT2D eigenvalue weighted by Crippen LogP contribution is -1.95. The summed E-state index contributed by atoms with van der Waals surface area (Å²) in [7, 11) is 0. The van der Waals surface area contributed by atoms with Gasteiger partial charge in [0.25, 0.3) is 0 Å². The molecule has 0 atom stereocenters. The van der Waals surface area contributed by atoms with Crippen LogP contribution in [0.3, 0.4) is 0 Å². The first-order chi connectivity index (χ1) is 12.1. The molecule has 0 bridgehead atoms. The minimum absolute atomic E-state index is 0.370. The van der Waals surface area contributed by atoms with Crippen molar-refractivity contribution in [3.8, 4) is 10.4 Å². The molecule has 136 valence electrons. The molecule has 2 rings (SSSR count). The van der Waals surface area contributed by atoms with Gasteiger partial charge in [-0.15, -0.1) is 11.3 Å². The van der Waals surface area contributed by atoms with E-state index in [1.807, 2.05) is 12.1 Å². The summed E-state index contributed by atoms with van der Waals surface area (Å²) in [5, 5.41) is 0.748. The number of carbonyl (C=O) groups excluding carboxylic acids is 1. The van der Waals surface area contributed by atoms with Gasteiger partial charge in [-0.2, -0.15) is 0 Å². The summed E-state index contributed by atoms with van der Waals surface area (Å²) in [4.78, 5) is 14.3. The zero-order valence-corrected chi connectivity index (χ0v) is 17.2. The zero-order chi connectivity index (χ0) is 18.2. The summed E-state index contributed by atoms with van der Waals surface area (Å²) < 4.78 is 0. The first-order valence-electron chi connectivity index (χ1n) is 9.45. The fraction of sp³-hybridized carbons (Fsp3) is 0.500. The van der Waals surface area contributed by atoms with E-state index in [2.05, 4.69) is 32.9 Å². The van der Waals surface area contributed by atoms with E-state index in [9.17, 15) is 4.79 Å². The number of aldehydes is 1. The van der Waals surface area contributed by atoms with Crippen molar-refractivity contribution in [1.82, 2.24) is 0 Å². The van der Waals surface area contributed by atoms with Crippen molar-refractivity contribution in [2.45, 2.75) is 71.6 Å². The van der Waals surface area contributed by atoms with Crippen LogP contribution in [0.4, 0.5) is 0 Å². The van der Waals surface area contributed by atoms with Crippen molar-refractivity contribution in [3.63, 3.8) is 0 Å². The van der Waals surface area contributed by atoms with Gasteiger partial charge in [0, 0.05) is 20.3 Å². The molecule has 1 aromatic heterocycles. The van der Waals surface area contributed by atoms with Gasteiger partial charge in [-0.3, -0.25) is 4.79 Å². The van der Waals surface area contributed by atoms with Gasteiger partial charge in [-0.25, -0.2) is 0 Å². The van der Waals surface area contributed by atoms with E-state index in [1.54, 1.807) is 11.3 Å². The molecule has 0 saturated carbocycles. The SMILES string of the molecule is CCCCCCCCc1c(-c2ccc(Cl)cc2)sc(C(C)C)c1C=O. The Morgan fingerprint density at radius 3 is 2.28 bits per heavy atom. The van der Waals surface area contributed by atoms with Crippen LogP contribution in [0.25, 0.3) is 10.4 Å². The first kappa shape index (κ1) is 20.2. The predicted molar refractivity (Wildman–Crippen MR) is 111 cm³/mol. The van der Waals surface area contributed by atoms with Gasteiger partial charge < -0.3 is 0 Å². The number of unbranched alkanes of at least 4 members (excludes halogenated alkanes) is 5. The third kappa shape index (κ3) is 5.43. The maximum absolute atomic E-state index is 11.8. The molecule has 3 heteroatoms. The summed E-state index contributed by atoms with van der Waals surface area (Å²) in [6, 6.07) is 8.00. The Labute approximate surface area is 161 Å². The molecule has 0 N–H and O–H groups in total. The molecule has 0 aliphatic carbocycles. The molecular weight excluding hydrogens is 348 g/mol. The van der Waals surface area contributed by atoms with Crippen LogP contribution in [0.2, 0.25) is 5.02 Å². The highest BCUT2D eigenvalue weighted by Crippen LogP contribution is 2.40. The van der Waals surface area contributed by atoms with E-state index in [-0.39, 0.29) is 0 Å². The van der Waals surface area contributed by atoms with E-state index < -0.39 is 0 Å². The fourth-order valence-corrected chi connectivity index (χ4v) is 4.67. The van der Waals surface area contributed by atoms with Gasteiger partial charge >= 0.3 is 0 Å². The van der Waals surface area contributed by atoms with Gasteiger partial charge in [0.1, 0.15) is 0 Å². The number of carbonyl (C=O) groups is 1. The van der Waals surface area contributed by atoms with Crippen molar-refractivity contribution in [2.24, 2.45) is 0 Å². The van der Waals surface area contributed by atoms with Crippen molar-refractivity contribution in [1.29, 1.82) is 0 Å². The molecule has 0 amide bonds. The molecule has 1 aromatic carbocycles. The number of hydrogen-bond donors (Lipinski definition) is 0. The largest absolute Gasteiger partial charge is 0.298 e. The summed E-state index contributed by atoms with van der Waals surface area (Å²) in [6.45, 7) is 6.57. The normalized spacial score (nSPS) is 11.2. The summed E-state index contributed by atoms with van der Waals surface area (Å²) >= 11 is 7.82. The molecule has 0 fully saturated rings. The molecule has 0 aliphatic heterocycles. The monoisotopic (exact) mass is 376 g/mol. The third-order valence-electron chi connectivity index (χ3n) is 4.61. The molecule has 0 unspecified atom stereocenters. The predicted octanol–water partition coefficient (Wildman–Crippen LogP) is 7.91. The van der Waals surface area contributed by atoms with Gasteiger partial charge in [0.2, 0.25) is 0 Å². The van der Waals surface area contributed by atoms with Crippen molar-refractivity contribution >= 4 is 29.2 Å². The van der Waals surface area contributed by atoms with Crippen LogP contribution in [-0.2, 0) is 6.42 Å². The minimum Gasteiger partial charge on any atom is -0.298 e. The Hall–Kier alpha value is -1.12. The van der Waals surface area contributed by atoms with E-state index in [0.29, 0.717) is 5.92 Å². The Morgan fingerprint density at radius 1 is 1.04 bits per heavy atom. The highest BCUT2D eigenvalue weighted by atomic mass is 35.5. The van der Waals surface area contributed by atoms with Crippen LogP contribution in [0.15, 0.2) is 24.3 Å². The maximum Gasteiger partial charge on any atom is 0.151 e. The second-order valence-electron chi connectivity index (χ2n) is 6.98. The third-order valence-corrected chi connectivity index (χ3v) is 6.46. The number of rotatable bonds is 10. The average molecular weight is 377 g/mol. The number of halogens is 1. The van der Waals surface area contributed by atoms with E-state index >= 15 is 0 Å². The molecule has 0 aliphatic rings. The van der Waals surface area contributed by atoms with Crippen molar-refractivity contribution < 1.29 is 4.79 Å². The summed E-state index contributed by atoms with van der Waals surface area (Å²) in [5.41, 5.74) is 3.34. The van der Waals surface area contributed by atoms with Crippen LogP contribution in [0.5, 0.6) is 0 Å². The number of hydrogen-bond acceptors (Lipinski definition) is 2. The molecule has 0 radical (unpaired) electrons. The number of thiophene rings is 1. The van der Waals surface area contributed by atoms with Crippen LogP contribution >= 0.6 is 22.9 Å². The number of benzene rings is 1. The Balaban J connectivity index is 2.24. The van der Waals surface area contributed by atoms with Crippen LogP contribution in [0, 0.1) is 0 Å². The van der Waals surface area contributed by atoms with Crippen LogP contribution < -0.4 is 0 Å². The van der Waals surface area contributed by atoms with Crippen LogP contribution in [-0.4, -0.2) is 6.29 Å². The second-order valence-corrected chi connectivity index (χ2v) is 8.47. The topological polar surface area (TPSA) is 17.1 Å². The smallest absolute Gasteiger partial charge is 0.151 e. The van der Waals surface area contributed by atoms with E-state index in [0.717, 1.165) is 29.7 Å². The average Bonchev–Trinajstić information content (AvgIpc) is 2.97. The van der Waals surface area contributed by atoms with Crippen molar-refractivity contribution in [3.05, 3.63) is 45.3 Å². The Kier molecular flexibility index (Phi) is 8.18. The van der Waals surface area contributed by atoms with E-state index in [1.165, 1.54) is 53.0 Å². The fourth-order valence-electron chi connectivity index (χ4n) is 3.22. The lowest BCUT2D eigenvalue weighted by atomic mass is 9.96. The minimum atomic E-state index is 0.370. The lowest BCUT2D eigenvalue weighted by Gasteiger charge is -2.07. The lowest BCUT2D eigenvalue weighted by molar-refractivity contribution is 0.112. The molecule has 1 nitrogen and oxygen atoms in total. The molecule has 1 heterocycles. The Bertz CT molecular complexity index is 670. The van der Waals surface area contributed by atoms with E-state index in [4.69, 9.17) is 11.6 Å². The standard InChI is InChI=1S/C22H29ClOS/c1-4-5-6-7-8-9-10-19-20(15-24)21(16(2)3)25-22(19)17-11-13-18(23)14-12-17/h11-16H,4-10H2,1-3H3. The summed E-state index contributed by atoms with van der Waals surface area (Å²) in [6.07, 6.45) is 9.66. The maximum atomic E-state index is 11.8. The van der Waals surface area contributed by atoms with Gasteiger partial charge in [0.05, 0.1) is 0 Å². The molecule has 0 saturated heterocycles. The second kappa shape index (κ2) is 10.1. The highest BCUT2D eigenvalue weighted by molar-refractivity contribution is 7.16. The molecule has 0 spiro atoms. The summed E-state index contributed by atoms with van der Waals surface area (Å²) in [5.74, 6) is 0.370. The molecular formula is C22H29ClOS. The quantitative estimate of drug-likeness (QED) is 0.304. The van der Waals surface area contributed by atoms with Crippen molar-refractivity contribution in [2.75, 3.05) is 0 Å². The zero-order valence-electron chi connectivity index (χ0n) is 15.6. The molecule has 25 heavy (non-hydrogen) atoms. The van der Waals surface area contributed by atoms with Crippen LogP contribution in [0.1, 0.15) is 86.0 Å².